The van der Waals surface area contributed by atoms with Gasteiger partial charge in [0.25, 0.3) is 5.89 Å². The molecule has 3 aromatic heterocycles. The maximum absolute atomic E-state index is 14.1. The monoisotopic (exact) mass is 623 g/mol. The lowest BCUT2D eigenvalue weighted by Crippen LogP contribution is -2.41. The topological polar surface area (TPSA) is 112 Å². The average Bonchev–Trinajstić information content (AvgIpc) is 3.61. The van der Waals surface area contributed by atoms with Crippen molar-refractivity contribution in [1.82, 2.24) is 34.1 Å². The van der Waals surface area contributed by atoms with Crippen molar-refractivity contribution in [1.29, 1.82) is 0 Å². The van der Waals surface area contributed by atoms with Gasteiger partial charge in [-0.05, 0) is 102 Å². The summed E-state index contributed by atoms with van der Waals surface area (Å²) in [6.45, 7) is 8.93. The second-order valence-corrected chi connectivity index (χ2v) is 13.0. The van der Waals surface area contributed by atoms with Gasteiger partial charge in [-0.1, -0.05) is 6.07 Å². The number of aromatic nitrogens is 5. The number of ether oxygens (including phenoxy) is 1. The van der Waals surface area contributed by atoms with E-state index in [1.165, 1.54) is 6.20 Å². The number of nitrogens with zero attached hydrogens (tertiary/aromatic N) is 7. The SMILES string of the molecule is CN1CCC(n2c(=O)n(Cc3ccc(-c4nnc(C(F)F)o4)cn3)c3ccc(C4CCN(C(=O)OC(C)(C)C)CC4)cc32)CC1. The predicted octanol–water partition coefficient (Wildman–Crippen LogP) is 5.62. The summed E-state index contributed by atoms with van der Waals surface area (Å²) in [7, 11) is 2.10. The first-order chi connectivity index (χ1) is 21.5. The number of hydrogen-bond donors (Lipinski definition) is 0. The van der Waals surface area contributed by atoms with Gasteiger partial charge in [-0.3, -0.25) is 14.1 Å². The van der Waals surface area contributed by atoms with Crippen LogP contribution in [0.25, 0.3) is 22.5 Å². The molecule has 0 spiro atoms. The van der Waals surface area contributed by atoms with E-state index >= 15 is 0 Å². The number of piperidine rings is 2. The number of alkyl halides is 2. The van der Waals surface area contributed by atoms with E-state index in [2.05, 4.69) is 39.3 Å². The third-order valence-electron chi connectivity index (χ3n) is 8.68. The fourth-order valence-corrected chi connectivity index (χ4v) is 6.28. The third-order valence-corrected chi connectivity index (χ3v) is 8.68. The molecule has 2 aliphatic rings. The number of carbonyl (C=O) groups excluding carboxylic acids is 1. The van der Waals surface area contributed by atoms with Crippen molar-refractivity contribution in [3.8, 4) is 11.5 Å². The molecule has 0 unspecified atom stereocenters. The number of fused-ring (bicyclic) bond motifs is 1. The molecule has 13 heteroatoms. The number of halogens is 2. The zero-order valence-electron chi connectivity index (χ0n) is 26.1. The summed E-state index contributed by atoms with van der Waals surface area (Å²) in [5.74, 6) is -0.512. The quantitative estimate of drug-likeness (QED) is 0.272. The molecule has 2 aliphatic heterocycles. The van der Waals surface area contributed by atoms with E-state index in [-0.39, 0.29) is 36.2 Å². The van der Waals surface area contributed by atoms with Gasteiger partial charge in [0, 0.05) is 25.3 Å². The minimum Gasteiger partial charge on any atom is -0.444 e. The van der Waals surface area contributed by atoms with Gasteiger partial charge in [0.2, 0.25) is 5.89 Å². The zero-order valence-corrected chi connectivity index (χ0v) is 26.1. The van der Waals surface area contributed by atoms with Crippen LogP contribution in [-0.2, 0) is 11.3 Å². The summed E-state index contributed by atoms with van der Waals surface area (Å²) in [6.07, 6.45) is 1.76. The number of hydrogen-bond acceptors (Lipinski definition) is 8. The molecule has 0 N–H and O–H groups in total. The molecular formula is C32H39F2N7O4. The lowest BCUT2D eigenvalue weighted by Gasteiger charge is -2.33. The highest BCUT2D eigenvalue weighted by molar-refractivity contribution is 5.77. The first-order valence-corrected chi connectivity index (χ1v) is 15.4. The molecule has 1 amide bonds. The Hall–Kier alpha value is -4.13. The fraction of sp³-hybridized carbons (Fsp3) is 0.531. The van der Waals surface area contributed by atoms with Crippen LogP contribution in [0.3, 0.4) is 0 Å². The Balaban J connectivity index is 1.27. The van der Waals surface area contributed by atoms with Crippen molar-refractivity contribution in [2.24, 2.45) is 0 Å². The van der Waals surface area contributed by atoms with E-state index in [1.54, 1.807) is 21.6 Å². The normalized spacial score (nSPS) is 17.4. The van der Waals surface area contributed by atoms with Crippen LogP contribution in [0.15, 0.2) is 45.7 Å². The summed E-state index contributed by atoms with van der Waals surface area (Å²) >= 11 is 0. The van der Waals surface area contributed by atoms with Crippen molar-refractivity contribution < 1.29 is 22.7 Å². The molecule has 6 rings (SSSR count). The number of pyridine rings is 1. The number of likely N-dealkylation sites (tertiary alicyclic amines) is 2. The predicted molar refractivity (Wildman–Crippen MR) is 163 cm³/mol. The second-order valence-electron chi connectivity index (χ2n) is 13.0. The Morgan fingerprint density at radius 2 is 1.76 bits per heavy atom. The van der Waals surface area contributed by atoms with Crippen molar-refractivity contribution in [3.63, 3.8) is 0 Å². The van der Waals surface area contributed by atoms with Crippen LogP contribution in [-0.4, -0.2) is 79.0 Å². The van der Waals surface area contributed by atoms with Crippen LogP contribution in [0.2, 0.25) is 0 Å². The van der Waals surface area contributed by atoms with Crippen LogP contribution >= 0.6 is 0 Å². The van der Waals surface area contributed by atoms with Gasteiger partial charge in [-0.15, -0.1) is 10.2 Å². The molecule has 0 atom stereocenters. The standard InChI is InChI=1S/C32H39F2N7O4/c1-32(2,3)45-31(43)39-15-9-20(10-16-39)21-6-8-25-26(17-21)41(24-11-13-38(4)14-12-24)30(42)40(25)19-23-7-5-22(18-35-23)28-36-37-29(44-28)27(33)34/h5-8,17-18,20,24,27H,9-16,19H2,1-4H3. The molecule has 11 nitrogen and oxygen atoms in total. The summed E-state index contributed by atoms with van der Waals surface area (Å²) in [6, 6.07) is 9.77. The summed E-state index contributed by atoms with van der Waals surface area (Å²) in [5.41, 5.74) is 3.34. The third kappa shape index (κ3) is 6.63. The van der Waals surface area contributed by atoms with Crippen LogP contribution in [0, 0.1) is 0 Å². The van der Waals surface area contributed by atoms with Crippen molar-refractivity contribution in [3.05, 3.63) is 64.2 Å². The Kier molecular flexibility index (Phi) is 8.47. The van der Waals surface area contributed by atoms with Crippen molar-refractivity contribution in [2.45, 2.75) is 77.0 Å². The zero-order chi connectivity index (χ0) is 31.9. The maximum atomic E-state index is 14.1. The van der Waals surface area contributed by atoms with Gasteiger partial charge in [0.1, 0.15) is 5.60 Å². The van der Waals surface area contributed by atoms with Crippen LogP contribution < -0.4 is 5.69 Å². The largest absolute Gasteiger partial charge is 0.444 e. The summed E-state index contributed by atoms with van der Waals surface area (Å²) in [4.78, 5) is 35.2. The van der Waals surface area contributed by atoms with E-state index < -0.39 is 17.9 Å². The van der Waals surface area contributed by atoms with E-state index in [4.69, 9.17) is 9.15 Å². The lowest BCUT2D eigenvalue weighted by atomic mass is 9.89. The van der Waals surface area contributed by atoms with Gasteiger partial charge in [0.15, 0.2) is 0 Å². The molecule has 4 aromatic rings. The maximum Gasteiger partial charge on any atom is 0.410 e. The molecule has 240 valence electrons. The van der Waals surface area contributed by atoms with E-state index in [9.17, 15) is 18.4 Å². The number of benzene rings is 1. The average molecular weight is 624 g/mol. The van der Waals surface area contributed by atoms with Crippen LogP contribution in [0.1, 0.15) is 82.0 Å². The molecule has 0 aliphatic carbocycles. The Morgan fingerprint density at radius 3 is 2.38 bits per heavy atom. The summed E-state index contributed by atoms with van der Waals surface area (Å²) in [5, 5.41) is 7.06. The Labute approximate surface area is 259 Å². The molecule has 0 saturated carbocycles. The minimum atomic E-state index is -2.85. The molecule has 5 heterocycles. The Morgan fingerprint density at radius 1 is 1.02 bits per heavy atom. The fourth-order valence-electron chi connectivity index (χ4n) is 6.28. The highest BCUT2D eigenvalue weighted by atomic mass is 19.3. The smallest absolute Gasteiger partial charge is 0.410 e. The lowest BCUT2D eigenvalue weighted by molar-refractivity contribution is 0.0205. The number of rotatable bonds is 6. The highest BCUT2D eigenvalue weighted by Gasteiger charge is 2.29. The molecular weight excluding hydrogens is 584 g/mol. The van der Waals surface area contributed by atoms with Crippen LogP contribution in [0.5, 0.6) is 0 Å². The minimum absolute atomic E-state index is 0.0372. The van der Waals surface area contributed by atoms with Crippen molar-refractivity contribution in [2.75, 3.05) is 33.2 Å². The van der Waals surface area contributed by atoms with Gasteiger partial charge in [0.05, 0.1) is 28.8 Å². The number of amides is 1. The first-order valence-electron chi connectivity index (χ1n) is 15.4. The molecule has 0 bridgehead atoms. The van der Waals surface area contributed by atoms with Gasteiger partial charge in [-0.2, -0.15) is 8.78 Å². The number of imidazole rings is 1. The molecule has 0 radical (unpaired) electrons. The molecule has 1 aromatic carbocycles. The van der Waals surface area contributed by atoms with E-state index in [0.717, 1.165) is 55.4 Å². The second kappa shape index (κ2) is 12.3. The Bertz CT molecular complexity index is 1710. The molecule has 2 fully saturated rings. The van der Waals surface area contributed by atoms with Gasteiger partial charge in [-0.25, -0.2) is 9.59 Å². The van der Waals surface area contributed by atoms with Gasteiger partial charge >= 0.3 is 18.2 Å². The van der Waals surface area contributed by atoms with Gasteiger partial charge < -0.3 is 19.0 Å². The van der Waals surface area contributed by atoms with E-state index in [0.29, 0.717) is 24.3 Å². The van der Waals surface area contributed by atoms with Crippen molar-refractivity contribution >= 4 is 17.1 Å². The summed E-state index contributed by atoms with van der Waals surface area (Å²) < 4.78 is 40.1. The first kappa shape index (κ1) is 30.9. The van der Waals surface area contributed by atoms with E-state index in [1.807, 2.05) is 31.4 Å². The number of carbonyl (C=O) groups is 1. The molecule has 45 heavy (non-hydrogen) atoms. The molecule has 2 saturated heterocycles. The van der Waals surface area contributed by atoms with Crippen LogP contribution in [0.4, 0.5) is 13.6 Å². The highest BCUT2D eigenvalue weighted by Crippen LogP contribution is 2.33.